The van der Waals surface area contributed by atoms with Gasteiger partial charge in [0.1, 0.15) is 0 Å². The molecule has 0 atom stereocenters. The summed E-state index contributed by atoms with van der Waals surface area (Å²) in [7, 11) is 0. The van der Waals surface area contributed by atoms with E-state index in [-0.39, 0.29) is 4.90 Å². The summed E-state index contributed by atoms with van der Waals surface area (Å²) in [5, 5.41) is 1.58. The van der Waals surface area contributed by atoms with Crippen LogP contribution in [0.4, 0.5) is 5.69 Å². The maximum atomic E-state index is 8.02. The quantitative estimate of drug-likeness (QED) is 0.722. The number of rotatable bonds is 1. The van der Waals surface area contributed by atoms with E-state index in [1.165, 1.54) is 0 Å². The summed E-state index contributed by atoms with van der Waals surface area (Å²) < 4.78 is 117. The third-order valence-electron chi connectivity index (χ3n) is 1.30. The predicted molar refractivity (Wildman–Crippen MR) is 56.3 cm³/mol. The normalized spacial score (nSPS) is 50.8. The molecule has 0 aliphatic carbocycles. The zero-order valence-electron chi connectivity index (χ0n) is 21.4. The molecule has 13 heavy (non-hydrogen) atoms. The molecule has 0 amide bonds. The van der Waals surface area contributed by atoms with Crippen LogP contribution in [-0.2, 0) is 0 Å². The highest BCUT2D eigenvalue weighted by molar-refractivity contribution is 5.47. The van der Waals surface area contributed by atoms with Crippen molar-refractivity contribution >= 4 is 5.69 Å². The molecule has 2 heteroatoms. The lowest BCUT2D eigenvalue weighted by Crippen LogP contribution is -2.43. The molecule has 0 saturated carbocycles. The largest absolute Gasteiger partial charge is 0.369 e. The van der Waals surface area contributed by atoms with Gasteiger partial charge in [0.05, 0.1) is 11.0 Å². The Labute approximate surface area is 101 Å². The molecule has 2 nitrogen and oxygen atoms in total. The van der Waals surface area contributed by atoms with E-state index in [2.05, 4.69) is 0 Å². The first kappa shape index (κ1) is 1.84. The molecule has 0 unspecified atom stereocenters. The zero-order valence-corrected chi connectivity index (χ0v) is 6.45. The molecule has 1 aromatic rings. The van der Waals surface area contributed by atoms with Crippen molar-refractivity contribution in [2.45, 2.75) is 6.85 Å². The molecule has 1 N–H and O–H groups in total. The smallest absolute Gasteiger partial charge is 0.0645 e. The third kappa shape index (κ3) is 2.01. The van der Waals surface area contributed by atoms with Gasteiger partial charge in [-0.15, -0.1) is 0 Å². The molecule has 0 aromatic heterocycles. The van der Waals surface area contributed by atoms with Crippen molar-refractivity contribution in [1.82, 2.24) is 5.32 Å². The van der Waals surface area contributed by atoms with E-state index in [4.69, 9.17) is 20.6 Å². The summed E-state index contributed by atoms with van der Waals surface area (Å²) >= 11 is 0. The lowest BCUT2D eigenvalue weighted by molar-refractivity contribution is 0.589. The van der Waals surface area contributed by atoms with E-state index >= 15 is 0 Å². The summed E-state index contributed by atoms with van der Waals surface area (Å²) in [6, 6.07) is -4.42. The van der Waals surface area contributed by atoms with Gasteiger partial charge in [0.15, 0.2) is 0 Å². The SMILES string of the molecule is [2H]c1c([2H])c(C([2H])([2H])[2H])c([2H])c([2H])c1N1C([2H])([2H])C([2H])([2H])NC([2H])([2H])C1([2H])[2H]. The van der Waals surface area contributed by atoms with Gasteiger partial charge in [-0.3, -0.25) is 0 Å². The molecule has 2 rings (SSSR count). The van der Waals surface area contributed by atoms with E-state index in [0.717, 1.165) is 0 Å². The highest BCUT2D eigenvalue weighted by Crippen LogP contribution is 2.14. The fourth-order valence-electron chi connectivity index (χ4n) is 0.756. The second kappa shape index (κ2) is 3.79. The van der Waals surface area contributed by atoms with Gasteiger partial charge in [0, 0.05) is 41.3 Å². The summed E-state index contributed by atoms with van der Waals surface area (Å²) in [6.45, 7) is -16.2. The molecule has 1 aliphatic rings. The minimum Gasteiger partial charge on any atom is -0.369 e. The molecule has 0 radical (unpaired) electrons. The molecule has 70 valence electrons. The van der Waals surface area contributed by atoms with Gasteiger partial charge in [-0.2, -0.15) is 0 Å². The minimum atomic E-state index is -3.38. The Morgan fingerprint density at radius 1 is 1.38 bits per heavy atom. The number of benzene rings is 1. The second-order valence-electron chi connectivity index (χ2n) is 2.16. The number of hydrogen-bond acceptors (Lipinski definition) is 2. The van der Waals surface area contributed by atoms with Crippen LogP contribution in [0.1, 0.15) is 26.1 Å². The highest BCUT2D eigenvalue weighted by atomic mass is 15.2. The fourth-order valence-corrected chi connectivity index (χ4v) is 0.756. The van der Waals surface area contributed by atoms with Gasteiger partial charge in [-0.1, -0.05) is 17.6 Å². The van der Waals surface area contributed by atoms with E-state index in [9.17, 15) is 0 Å². The highest BCUT2D eigenvalue weighted by Gasteiger charge is 2.08. The van der Waals surface area contributed by atoms with Crippen LogP contribution < -0.4 is 10.2 Å². The van der Waals surface area contributed by atoms with Crippen molar-refractivity contribution < 1.29 is 20.6 Å². The van der Waals surface area contributed by atoms with Gasteiger partial charge in [0.25, 0.3) is 0 Å². The lowest BCUT2D eigenvalue weighted by Gasteiger charge is -2.29. The van der Waals surface area contributed by atoms with Crippen LogP contribution >= 0.6 is 0 Å². The molecule has 1 aromatic carbocycles. The van der Waals surface area contributed by atoms with Crippen LogP contribution in [0, 0.1) is 6.85 Å². The first-order valence-corrected chi connectivity index (χ1v) is 3.42. The summed E-state index contributed by atoms with van der Waals surface area (Å²) in [4.78, 5) is -0.138. The van der Waals surface area contributed by atoms with Crippen molar-refractivity contribution in [3.8, 4) is 0 Å². The molecule has 1 heterocycles. The first-order chi connectivity index (χ1) is 12.2. The molecule has 1 saturated heterocycles. The van der Waals surface area contributed by atoms with E-state index in [1.54, 1.807) is 5.32 Å². The molecule has 0 spiro atoms. The Kier molecular flexibility index (Phi) is 0.538. The van der Waals surface area contributed by atoms with Crippen LogP contribution in [0.5, 0.6) is 0 Å². The third-order valence-corrected chi connectivity index (χ3v) is 1.30. The Morgan fingerprint density at radius 2 is 2.08 bits per heavy atom. The van der Waals surface area contributed by atoms with Crippen LogP contribution in [0.15, 0.2) is 24.2 Å². The predicted octanol–water partition coefficient (Wildman–Crippen LogP) is 1.40. The Hall–Kier alpha value is -1.02. The maximum Gasteiger partial charge on any atom is 0.0645 e. The number of nitrogens with one attached hydrogen (secondary N) is 1. The van der Waals surface area contributed by atoms with Gasteiger partial charge in [0.2, 0.25) is 0 Å². The van der Waals surface area contributed by atoms with E-state index in [1.807, 2.05) is 0 Å². The summed E-state index contributed by atoms with van der Waals surface area (Å²) in [5.41, 5.74) is -2.05. The van der Waals surface area contributed by atoms with Gasteiger partial charge >= 0.3 is 0 Å². The number of piperazine rings is 1. The average molecular weight is 191 g/mol. The average Bonchev–Trinajstić information content (AvgIpc) is 2.45. The number of hydrogen-bond donors (Lipinski definition) is 1. The fraction of sp³-hybridized carbons (Fsp3) is 0.455. The maximum absolute atomic E-state index is 8.02. The van der Waals surface area contributed by atoms with E-state index in [0.29, 0.717) is 0 Å². The lowest BCUT2D eigenvalue weighted by atomic mass is 10.2. The summed E-state index contributed by atoms with van der Waals surface area (Å²) in [6.07, 6.45) is 0. The van der Waals surface area contributed by atoms with Crippen LogP contribution in [-0.4, -0.2) is 26.0 Å². The molecular weight excluding hydrogens is 160 g/mol. The van der Waals surface area contributed by atoms with Crippen molar-refractivity contribution in [3.05, 3.63) is 29.7 Å². The van der Waals surface area contributed by atoms with Crippen molar-refractivity contribution in [3.63, 3.8) is 0 Å². The molecule has 0 bridgehead atoms. The van der Waals surface area contributed by atoms with Crippen LogP contribution in [0.3, 0.4) is 0 Å². The zero-order chi connectivity index (χ0) is 22.2. The standard InChI is InChI=1S/C11H16N2/c1-10-2-4-11(5-3-10)13-8-6-12-7-9-13/h2-5,12H,6-9H2,1H3/i1D3,2D,3D,4D,5D,6D2,7D2,8D2,9D2. The van der Waals surface area contributed by atoms with Crippen molar-refractivity contribution in [2.24, 2.45) is 0 Å². The first-order valence-electron chi connectivity index (χ1n) is 10.9. The summed E-state index contributed by atoms with van der Waals surface area (Å²) in [5.74, 6) is 0. The molecule has 1 fully saturated rings. The molecule has 1 aliphatic heterocycles. The van der Waals surface area contributed by atoms with E-state index < -0.39 is 68.3 Å². The Morgan fingerprint density at radius 3 is 2.69 bits per heavy atom. The molecular formula is C11H16N2. The van der Waals surface area contributed by atoms with Crippen LogP contribution in [0.25, 0.3) is 0 Å². The Bertz CT molecular complexity index is 756. The van der Waals surface area contributed by atoms with Crippen molar-refractivity contribution in [1.29, 1.82) is 0 Å². The number of anilines is 1. The van der Waals surface area contributed by atoms with Crippen LogP contribution in [0.2, 0.25) is 0 Å². The Balaban J connectivity index is 2.96. The number of nitrogens with zero attached hydrogens (tertiary/aromatic N) is 1. The second-order valence-corrected chi connectivity index (χ2v) is 2.16. The minimum absolute atomic E-state index is 0.138. The van der Waals surface area contributed by atoms with Crippen molar-refractivity contribution in [2.75, 3.05) is 30.9 Å². The topological polar surface area (TPSA) is 15.3 Å². The monoisotopic (exact) mass is 191 g/mol. The van der Waals surface area contributed by atoms with Gasteiger partial charge in [-0.05, 0) is 18.9 Å². The van der Waals surface area contributed by atoms with Gasteiger partial charge < -0.3 is 10.2 Å². The van der Waals surface area contributed by atoms with Gasteiger partial charge in [-0.25, -0.2) is 0 Å².